The molecule has 0 saturated heterocycles. The zero-order chi connectivity index (χ0) is 14.0. The standard InChI is InChI=1S/C13H19N3O3/c1-7(2)10-6-11(16-15-10)12(17)14-9-4-3-8(5-9)13(18)19/h6-9H,3-5H2,1-2H3,(H,14,17)(H,15,16)(H,18,19)/t8-,9+/m1/s1. The number of amides is 1. The normalized spacial score (nSPS) is 22.7. The Morgan fingerprint density at radius 1 is 1.47 bits per heavy atom. The maximum absolute atomic E-state index is 12.0. The molecule has 1 aliphatic rings. The lowest BCUT2D eigenvalue weighted by Crippen LogP contribution is -2.33. The van der Waals surface area contributed by atoms with Crippen LogP contribution in [0.25, 0.3) is 0 Å². The number of nitrogens with one attached hydrogen (secondary N) is 2. The highest BCUT2D eigenvalue weighted by Crippen LogP contribution is 2.25. The lowest BCUT2D eigenvalue weighted by molar-refractivity contribution is -0.141. The van der Waals surface area contributed by atoms with Crippen molar-refractivity contribution in [2.45, 2.75) is 45.1 Å². The number of H-pyrrole nitrogens is 1. The van der Waals surface area contributed by atoms with Crippen LogP contribution in [0.15, 0.2) is 6.07 Å². The first kappa shape index (κ1) is 13.6. The van der Waals surface area contributed by atoms with Gasteiger partial charge in [0.25, 0.3) is 5.91 Å². The van der Waals surface area contributed by atoms with Gasteiger partial charge in [-0.25, -0.2) is 0 Å². The highest BCUT2D eigenvalue weighted by atomic mass is 16.4. The number of aromatic amines is 1. The molecule has 1 heterocycles. The maximum atomic E-state index is 12.0. The molecular formula is C13H19N3O3. The Morgan fingerprint density at radius 3 is 2.74 bits per heavy atom. The van der Waals surface area contributed by atoms with Crippen LogP contribution in [0, 0.1) is 5.92 Å². The third-order valence-corrected chi connectivity index (χ3v) is 3.57. The van der Waals surface area contributed by atoms with Crippen LogP contribution >= 0.6 is 0 Å². The summed E-state index contributed by atoms with van der Waals surface area (Å²) in [6.45, 7) is 4.03. The van der Waals surface area contributed by atoms with Gasteiger partial charge in [-0.15, -0.1) is 0 Å². The number of aliphatic carboxylic acids is 1. The summed E-state index contributed by atoms with van der Waals surface area (Å²) in [5, 5.41) is 18.6. The van der Waals surface area contributed by atoms with Gasteiger partial charge in [-0.05, 0) is 31.2 Å². The highest BCUT2D eigenvalue weighted by Gasteiger charge is 2.31. The van der Waals surface area contributed by atoms with Crippen molar-refractivity contribution in [1.82, 2.24) is 15.5 Å². The molecule has 1 fully saturated rings. The van der Waals surface area contributed by atoms with E-state index in [1.165, 1.54) is 0 Å². The van der Waals surface area contributed by atoms with Gasteiger partial charge in [-0.2, -0.15) is 5.10 Å². The molecule has 0 radical (unpaired) electrons. The summed E-state index contributed by atoms with van der Waals surface area (Å²) in [7, 11) is 0. The monoisotopic (exact) mass is 265 g/mol. The molecule has 1 aliphatic carbocycles. The van der Waals surface area contributed by atoms with Crippen LogP contribution in [-0.4, -0.2) is 33.2 Å². The molecule has 104 valence electrons. The van der Waals surface area contributed by atoms with E-state index >= 15 is 0 Å². The number of nitrogens with zero attached hydrogens (tertiary/aromatic N) is 1. The molecular weight excluding hydrogens is 246 g/mol. The number of aromatic nitrogens is 2. The Bertz CT molecular complexity index is 481. The zero-order valence-electron chi connectivity index (χ0n) is 11.1. The second-order valence-electron chi connectivity index (χ2n) is 5.38. The zero-order valence-corrected chi connectivity index (χ0v) is 11.1. The van der Waals surface area contributed by atoms with Gasteiger partial charge in [0, 0.05) is 11.7 Å². The van der Waals surface area contributed by atoms with E-state index in [4.69, 9.17) is 5.11 Å². The van der Waals surface area contributed by atoms with Crippen molar-refractivity contribution in [2.24, 2.45) is 5.92 Å². The number of hydrogen-bond acceptors (Lipinski definition) is 3. The largest absolute Gasteiger partial charge is 0.481 e. The van der Waals surface area contributed by atoms with Crippen LogP contribution < -0.4 is 5.32 Å². The quantitative estimate of drug-likeness (QED) is 0.769. The predicted molar refractivity (Wildman–Crippen MR) is 68.9 cm³/mol. The van der Waals surface area contributed by atoms with Gasteiger partial charge >= 0.3 is 5.97 Å². The van der Waals surface area contributed by atoms with Crippen molar-refractivity contribution in [1.29, 1.82) is 0 Å². The molecule has 0 spiro atoms. The topological polar surface area (TPSA) is 95.1 Å². The Morgan fingerprint density at radius 2 is 2.21 bits per heavy atom. The fraction of sp³-hybridized carbons (Fsp3) is 0.615. The molecule has 6 heteroatoms. The van der Waals surface area contributed by atoms with E-state index in [1.807, 2.05) is 13.8 Å². The second-order valence-corrected chi connectivity index (χ2v) is 5.38. The minimum absolute atomic E-state index is 0.0622. The third kappa shape index (κ3) is 3.13. The Hall–Kier alpha value is -1.85. The van der Waals surface area contributed by atoms with E-state index in [-0.39, 0.29) is 23.8 Å². The molecule has 1 aromatic rings. The van der Waals surface area contributed by atoms with Gasteiger partial charge in [0.05, 0.1) is 5.92 Å². The number of rotatable bonds is 4. The fourth-order valence-corrected chi connectivity index (χ4v) is 2.34. The molecule has 1 saturated carbocycles. The molecule has 0 unspecified atom stereocenters. The van der Waals surface area contributed by atoms with Crippen molar-refractivity contribution >= 4 is 11.9 Å². The van der Waals surface area contributed by atoms with E-state index in [0.717, 1.165) is 5.69 Å². The van der Waals surface area contributed by atoms with Crippen molar-refractivity contribution in [3.05, 3.63) is 17.5 Å². The molecule has 3 N–H and O–H groups in total. The van der Waals surface area contributed by atoms with E-state index in [9.17, 15) is 9.59 Å². The van der Waals surface area contributed by atoms with Crippen molar-refractivity contribution in [3.63, 3.8) is 0 Å². The first-order chi connectivity index (χ1) is 8.97. The van der Waals surface area contributed by atoms with Gasteiger partial charge < -0.3 is 10.4 Å². The molecule has 0 aliphatic heterocycles. The molecule has 1 amide bonds. The lowest BCUT2D eigenvalue weighted by atomic mass is 10.1. The van der Waals surface area contributed by atoms with Gasteiger partial charge in [0.15, 0.2) is 0 Å². The Balaban J connectivity index is 1.92. The van der Waals surface area contributed by atoms with Crippen LogP contribution in [0.5, 0.6) is 0 Å². The Kier molecular flexibility index (Phi) is 3.87. The maximum Gasteiger partial charge on any atom is 0.306 e. The summed E-state index contributed by atoms with van der Waals surface area (Å²) in [5.74, 6) is -1.06. The van der Waals surface area contributed by atoms with Crippen molar-refractivity contribution < 1.29 is 14.7 Å². The minimum Gasteiger partial charge on any atom is -0.481 e. The minimum atomic E-state index is -0.779. The van der Waals surface area contributed by atoms with Crippen LogP contribution in [0.3, 0.4) is 0 Å². The smallest absolute Gasteiger partial charge is 0.306 e. The van der Waals surface area contributed by atoms with Crippen LogP contribution in [-0.2, 0) is 4.79 Å². The van der Waals surface area contributed by atoms with Gasteiger partial charge in [-0.1, -0.05) is 13.8 Å². The molecule has 2 rings (SSSR count). The average Bonchev–Trinajstić information content (AvgIpc) is 2.96. The number of carbonyl (C=O) groups is 2. The highest BCUT2D eigenvalue weighted by molar-refractivity contribution is 5.92. The Labute approximate surface area is 111 Å². The summed E-state index contributed by atoms with van der Waals surface area (Å²) in [6, 6.07) is 1.68. The lowest BCUT2D eigenvalue weighted by Gasteiger charge is -2.10. The van der Waals surface area contributed by atoms with E-state index in [1.54, 1.807) is 6.07 Å². The second kappa shape index (κ2) is 5.42. The van der Waals surface area contributed by atoms with Gasteiger partial charge in [0.2, 0.25) is 0 Å². The SMILES string of the molecule is CC(C)c1cc(C(=O)N[C@H]2CC[C@@H](C(=O)O)C2)n[nH]1. The summed E-state index contributed by atoms with van der Waals surface area (Å²) >= 11 is 0. The van der Waals surface area contributed by atoms with Crippen molar-refractivity contribution in [2.75, 3.05) is 0 Å². The average molecular weight is 265 g/mol. The number of hydrogen-bond donors (Lipinski definition) is 3. The summed E-state index contributed by atoms with van der Waals surface area (Å²) in [4.78, 5) is 22.8. The van der Waals surface area contributed by atoms with Crippen LogP contribution in [0.1, 0.15) is 55.2 Å². The van der Waals surface area contributed by atoms with Gasteiger partial charge in [0.1, 0.15) is 5.69 Å². The molecule has 1 aromatic heterocycles. The molecule has 2 atom stereocenters. The third-order valence-electron chi connectivity index (χ3n) is 3.57. The number of carbonyl (C=O) groups excluding carboxylic acids is 1. The van der Waals surface area contributed by atoms with E-state index in [0.29, 0.717) is 25.0 Å². The molecule has 6 nitrogen and oxygen atoms in total. The predicted octanol–water partition coefficient (Wildman–Crippen LogP) is 1.52. The molecule has 0 aromatic carbocycles. The van der Waals surface area contributed by atoms with E-state index in [2.05, 4.69) is 15.5 Å². The fourth-order valence-electron chi connectivity index (χ4n) is 2.34. The first-order valence-electron chi connectivity index (χ1n) is 6.56. The van der Waals surface area contributed by atoms with Crippen molar-refractivity contribution in [3.8, 4) is 0 Å². The first-order valence-corrected chi connectivity index (χ1v) is 6.56. The summed E-state index contributed by atoms with van der Waals surface area (Å²) in [5.41, 5.74) is 1.28. The molecule has 19 heavy (non-hydrogen) atoms. The summed E-state index contributed by atoms with van der Waals surface area (Å²) in [6.07, 6.45) is 1.84. The summed E-state index contributed by atoms with van der Waals surface area (Å²) < 4.78 is 0. The van der Waals surface area contributed by atoms with Crippen LogP contribution in [0.4, 0.5) is 0 Å². The number of carboxylic acid groups (broad SMARTS) is 1. The molecule has 0 bridgehead atoms. The van der Waals surface area contributed by atoms with E-state index < -0.39 is 5.97 Å². The van der Waals surface area contributed by atoms with Gasteiger partial charge in [-0.3, -0.25) is 14.7 Å². The number of carboxylic acids is 1. The van der Waals surface area contributed by atoms with Crippen LogP contribution in [0.2, 0.25) is 0 Å².